The van der Waals surface area contributed by atoms with Crippen molar-refractivity contribution in [3.05, 3.63) is 12.2 Å². The van der Waals surface area contributed by atoms with Crippen LogP contribution in [0.4, 0.5) is 9.59 Å². The Balaban J connectivity index is 0.000000635. The molecule has 0 aliphatic carbocycles. The Morgan fingerprint density at radius 3 is 1.66 bits per heavy atom. The molecule has 3 aliphatic heterocycles. The van der Waals surface area contributed by atoms with Crippen LogP contribution in [0.5, 0.6) is 0 Å². The molecule has 0 aromatic rings. The molecule has 10 heteroatoms. The van der Waals surface area contributed by atoms with E-state index >= 15 is 0 Å². The number of hydrogen-bond acceptors (Lipinski definition) is 8. The highest BCUT2D eigenvalue weighted by Crippen LogP contribution is 2.24. The Morgan fingerprint density at radius 2 is 1.29 bits per heavy atom. The van der Waals surface area contributed by atoms with E-state index in [4.69, 9.17) is 23.7 Å². The molecule has 3 saturated heterocycles. The zero-order valence-corrected chi connectivity index (χ0v) is 26.8. The topological polar surface area (TPSA) is 104 Å². The maximum absolute atomic E-state index is 12.1. The predicted molar refractivity (Wildman–Crippen MR) is 161 cm³/mol. The van der Waals surface area contributed by atoms with Gasteiger partial charge in [-0.2, -0.15) is 0 Å². The van der Waals surface area contributed by atoms with Crippen LogP contribution >= 0.6 is 0 Å². The van der Waals surface area contributed by atoms with Crippen molar-refractivity contribution in [1.29, 1.82) is 0 Å². The van der Waals surface area contributed by atoms with Crippen LogP contribution in [-0.4, -0.2) is 102 Å². The van der Waals surface area contributed by atoms with Gasteiger partial charge in [0, 0.05) is 13.2 Å². The summed E-state index contributed by atoms with van der Waals surface area (Å²) in [6.07, 6.45) is 2.29. The van der Waals surface area contributed by atoms with E-state index in [1.54, 1.807) is 25.7 Å². The van der Waals surface area contributed by atoms with E-state index in [1.807, 2.05) is 48.5 Å². The highest BCUT2D eigenvalue weighted by molar-refractivity contribution is 5.85. The van der Waals surface area contributed by atoms with Crippen LogP contribution in [-0.2, 0) is 28.5 Å². The molecule has 0 bridgehead atoms. The Morgan fingerprint density at radius 1 is 0.854 bits per heavy atom. The molecule has 3 fully saturated rings. The lowest BCUT2D eigenvalue weighted by molar-refractivity contribution is -0.122. The summed E-state index contributed by atoms with van der Waals surface area (Å²) < 4.78 is 26.6. The molecule has 41 heavy (non-hydrogen) atoms. The molecule has 0 aromatic heterocycles. The fourth-order valence-electron chi connectivity index (χ4n) is 3.93. The van der Waals surface area contributed by atoms with Gasteiger partial charge in [-0.3, -0.25) is 14.6 Å². The first kappa shape index (κ1) is 38.8. The van der Waals surface area contributed by atoms with Gasteiger partial charge in [0.1, 0.15) is 17.8 Å². The predicted octanol–water partition coefficient (Wildman–Crippen LogP) is 6.01. The van der Waals surface area contributed by atoms with Gasteiger partial charge in [-0.1, -0.05) is 14.0 Å². The molecule has 0 aromatic carbocycles. The molecule has 0 spiro atoms. The lowest BCUT2D eigenvalue weighted by Crippen LogP contribution is -2.52. The molecular weight excluding hydrogens is 528 g/mol. The van der Waals surface area contributed by atoms with Crippen LogP contribution in [0.3, 0.4) is 0 Å². The molecule has 2 amide bonds. The summed E-state index contributed by atoms with van der Waals surface area (Å²) in [7, 11) is 0. The SMILES string of the molecule is C.C=C1COCC(C)(C)N(C(=O)OC(C)(C)C)C1.CC(C)(C)OC(=O)N1CC(=O)COCC1(C)C.CC1CCCO1. The van der Waals surface area contributed by atoms with Crippen LogP contribution in [0.15, 0.2) is 12.2 Å². The van der Waals surface area contributed by atoms with E-state index in [0.717, 1.165) is 12.2 Å². The molecule has 3 rings (SSSR count). The van der Waals surface area contributed by atoms with Gasteiger partial charge in [0.2, 0.25) is 0 Å². The smallest absolute Gasteiger partial charge is 0.411 e. The van der Waals surface area contributed by atoms with Gasteiger partial charge < -0.3 is 23.7 Å². The maximum Gasteiger partial charge on any atom is 0.411 e. The summed E-state index contributed by atoms with van der Waals surface area (Å²) in [5.41, 5.74) is -1.07. The molecular formula is C31H58N2O8. The fourth-order valence-corrected chi connectivity index (χ4v) is 3.93. The van der Waals surface area contributed by atoms with Gasteiger partial charge in [0.15, 0.2) is 5.78 Å². The Bertz CT molecular complexity index is 800. The Kier molecular flexibility index (Phi) is 15.0. The number of Topliss-reactive ketones (excluding diaryl/α,β-unsaturated/α-hetero) is 1. The first-order chi connectivity index (χ1) is 18.1. The number of hydrogen-bond donors (Lipinski definition) is 0. The van der Waals surface area contributed by atoms with Crippen LogP contribution in [0, 0.1) is 0 Å². The molecule has 10 nitrogen and oxygen atoms in total. The van der Waals surface area contributed by atoms with E-state index < -0.39 is 22.8 Å². The number of carbonyl (C=O) groups is 3. The van der Waals surface area contributed by atoms with Crippen molar-refractivity contribution in [2.75, 3.05) is 46.1 Å². The standard InChI is InChI=1S/C13H23NO3.C12H21NO4.C5H10O.CH4/c1-10-7-14(11(15)17-12(2,3)4)13(5,6)9-16-8-10;1-11(2,3)17-10(15)13-6-9(14)7-16-8-12(13,4)5;1-5-3-2-4-6-5;/h1,7-9H2,2-6H3;6-8H2,1-5H3;5H,2-4H2,1H3;1H4. The van der Waals surface area contributed by atoms with Crippen LogP contribution < -0.4 is 0 Å². The summed E-state index contributed by atoms with van der Waals surface area (Å²) in [5.74, 6) is -0.110. The minimum Gasteiger partial charge on any atom is -0.444 e. The molecule has 0 saturated carbocycles. The Hall–Kier alpha value is -2.17. The summed E-state index contributed by atoms with van der Waals surface area (Å²) >= 11 is 0. The van der Waals surface area contributed by atoms with E-state index in [2.05, 4.69) is 13.5 Å². The largest absolute Gasteiger partial charge is 0.444 e. The molecule has 240 valence electrons. The van der Waals surface area contributed by atoms with Crippen molar-refractivity contribution in [1.82, 2.24) is 9.80 Å². The van der Waals surface area contributed by atoms with Gasteiger partial charge in [0.05, 0.1) is 43.5 Å². The van der Waals surface area contributed by atoms with Crippen molar-refractivity contribution in [3.63, 3.8) is 0 Å². The number of rotatable bonds is 0. The summed E-state index contributed by atoms with van der Waals surface area (Å²) in [5, 5.41) is 0. The molecule has 3 aliphatic rings. The van der Waals surface area contributed by atoms with Crippen LogP contribution in [0.1, 0.15) is 96.4 Å². The van der Waals surface area contributed by atoms with E-state index in [1.165, 1.54) is 17.7 Å². The maximum atomic E-state index is 12.1. The van der Waals surface area contributed by atoms with Crippen LogP contribution in [0.25, 0.3) is 0 Å². The third kappa shape index (κ3) is 15.0. The first-order valence-corrected chi connectivity index (χ1v) is 14.1. The molecule has 1 unspecified atom stereocenters. The van der Waals surface area contributed by atoms with Crippen molar-refractivity contribution < 1.29 is 38.1 Å². The number of ketones is 1. The minimum atomic E-state index is -0.566. The molecule has 0 radical (unpaired) electrons. The molecule has 3 heterocycles. The second kappa shape index (κ2) is 15.9. The van der Waals surface area contributed by atoms with Crippen molar-refractivity contribution in [2.45, 2.75) is 125 Å². The number of amides is 2. The highest BCUT2D eigenvalue weighted by Gasteiger charge is 2.38. The summed E-state index contributed by atoms with van der Waals surface area (Å²) in [6.45, 7) is 27.5. The number of nitrogens with zero attached hydrogens (tertiary/aromatic N) is 2. The second-order valence-electron chi connectivity index (χ2n) is 13.9. The first-order valence-electron chi connectivity index (χ1n) is 14.1. The third-order valence-electron chi connectivity index (χ3n) is 6.04. The number of carbonyl (C=O) groups excluding carboxylic acids is 3. The van der Waals surface area contributed by atoms with E-state index in [-0.39, 0.29) is 38.0 Å². The monoisotopic (exact) mass is 586 g/mol. The minimum absolute atomic E-state index is 0. The van der Waals surface area contributed by atoms with Gasteiger partial charge in [-0.15, -0.1) is 0 Å². The Labute approximate surface area is 249 Å². The average molecular weight is 587 g/mol. The molecule has 0 N–H and O–H groups in total. The molecule has 1 atom stereocenters. The van der Waals surface area contributed by atoms with E-state index in [9.17, 15) is 14.4 Å². The van der Waals surface area contributed by atoms with Gasteiger partial charge in [0.25, 0.3) is 0 Å². The van der Waals surface area contributed by atoms with Crippen molar-refractivity contribution in [2.24, 2.45) is 0 Å². The number of ether oxygens (including phenoxy) is 5. The summed E-state index contributed by atoms with van der Waals surface area (Å²) in [6, 6.07) is 0. The second-order valence-corrected chi connectivity index (χ2v) is 13.9. The van der Waals surface area contributed by atoms with Crippen molar-refractivity contribution in [3.8, 4) is 0 Å². The van der Waals surface area contributed by atoms with Crippen LogP contribution in [0.2, 0.25) is 0 Å². The normalized spacial score (nSPS) is 22.5. The zero-order valence-electron chi connectivity index (χ0n) is 26.8. The average Bonchev–Trinajstić information content (AvgIpc) is 3.13. The quantitative estimate of drug-likeness (QED) is 0.318. The van der Waals surface area contributed by atoms with Gasteiger partial charge >= 0.3 is 12.2 Å². The third-order valence-corrected chi connectivity index (χ3v) is 6.04. The highest BCUT2D eigenvalue weighted by atomic mass is 16.6. The fraction of sp³-hybridized carbons (Fsp3) is 0.839. The summed E-state index contributed by atoms with van der Waals surface area (Å²) in [4.78, 5) is 38.8. The zero-order chi connectivity index (χ0) is 30.9. The van der Waals surface area contributed by atoms with Crippen molar-refractivity contribution >= 4 is 18.0 Å². The van der Waals surface area contributed by atoms with Gasteiger partial charge in [-0.25, -0.2) is 9.59 Å². The lowest BCUT2D eigenvalue weighted by Gasteiger charge is -2.37. The van der Waals surface area contributed by atoms with Gasteiger partial charge in [-0.05, 0) is 94.6 Å². The van der Waals surface area contributed by atoms with E-state index in [0.29, 0.717) is 32.5 Å². The lowest BCUT2D eigenvalue weighted by atomic mass is 10.0.